The van der Waals surface area contributed by atoms with Gasteiger partial charge in [0.1, 0.15) is 5.82 Å². The first-order valence-corrected chi connectivity index (χ1v) is 7.14. The number of anilines is 1. The van der Waals surface area contributed by atoms with Crippen LogP contribution in [0.25, 0.3) is 0 Å². The standard InChI is InChI=1S/C16H21FN2O/c1-12-7-8-14(11-15(12)17)19-16(20)18-10-9-13-5-3-2-4-6-13/h5,7-8,11H,2-4,6,9-10H2,1H3,(H2,18,19,20). The van der Waals surface area contributed by atoms with Crippen molar-refractivity contribution in [3.63, 3.8) is 0 Å². The van der Waals surface area contributed by atoms with E-state index in [-0.39, 0.29) is 11.8 Å². The quantitative estimate of drug-likeness (QED) is 0.797. The second kappa shape index (κ2) is 7.08. The highest BCUT2D eigenvalue weighted by molar-refractivity contribution is 5.89. The molecule has 2 amide bonds. The minimum atomic E-state index is -0.310. The van der Waals surface area contributed by atoms with Gasteiger partial charge >= 0.3 is 6.03 Å². The van der Waals surface area contributed by atoms with Crippen molar-refractivity contribution in [2.75, 3.05) is 11.9 Å². The fourth-order valence-electron chi connectivity index (χ4n) is 2.31. The molecule has 0 aliphatic heterocycles. The number of carbonyl (C=O) groups is 1. The zero-order valence-electron chi connectivity index (χ0n) is 11.8. The summed E-state index contributed by atoms with van der Waals surface area (Å²) < 4.78 is 13.3. The second-order valence-electron chi connectivity index (χ2n) is 5.20. The van der Waals surface area contributed by atoms with Crippen LogP contribution in [0.15, 0.2) is 29.8 Å². The lowest BCUT2D eigenvalue weighted by Crippen LogP contribution is -2.29. The van der Waals surface area contributed by atoms with Gasteiger partial charge in [-0.1, -0.05) is 17.7 Å². The fourth-order valence-corrected chi connectivity index (χ4v) is 2.31. The summed E-state index contributed by atoms with van der Waals surface area (Å²) in [7, 11) is 0. The van der Waals surface area contributed by atoms with E-state index in [4.69, 9.17) is 0 Å². The van der Waals surface area contributed by atoms with E-state index >= 15 is 0 Å². The van der Waals surface area contributed by atoms with Gasteiger partial charge in [-0.15, -0.1) is 0 Å². The van der Waals surface area contributed by atoms with Crippen molar-refractivity contribution in [3.8, 4) is 0 Å². The number of urea groups is 1. The molecule has 0 saturated heterocycles. The lowest BCUT2D eigenvalue weighted by Gasteiger charge is -2.13. The normalized spacial score (nSPS) is 14.6. The highest BCUT2D eigenvalue weighted by Crippen LogP contribution is 2.19. The molecule has 3 nitrogen and oxygen atoms in total. The van der Waals surface area contributed by atoms with E-state index in [2.05, 4.69) is 16.7 Å². The summed E-state index contributed by atoms with van der Waals surface area (Å²) in [4.78, 5) is 11.7. The molecule has 1 aromatic carbocycles. The van der Waals surface area contributed by atoms with Crippen LogP contribution < -0.4 is 10.6 Å². The first-order chi connectivity index (χ1) is 9.65. The summed E-state index contributed by atoms with van der Waals surface area (Å²) in [6, 6.07) is 4.39. The minimum Gasteiger partial charge on any atom is -0.338 e. The van der Waals surface area contributed by atoms with Gasteiger partial charge in [-0.05, 0) is 56.7 Å². The highest BCUT2D eigenvalue weighted by Gasteiger charge is 2.06. The zero-order chi connectivity index (χ0) is 14.4. The molecule has 0 radical (unpaired) electrons. The zero-order valence-corrected chi connectivity index (χ0v) is 11.8. The number of benzene rings is 1. The molecule has 4 heteroatoms. The van der Waals surface area contributed by atoms with Crippen LogP contribution in [0.1, 0.15) is 37.7 Å². The number of amides is 2. The molecule has 108 valence electrons. The average molecular weight is 276 g/mol. The van der Waals surface area contributed by atoms with E-state index in [9.17, 15) is 9.18 Å². The molecule has 0 atom stereocenters. The molecular formula is C16H21FN2O. The van der Waals surface area contributed by atoms with E-state index in [1.807, 2.05) is 0 Å². The Morgan fingerprint density at radius 3 is 2.90 bits per heavy atom. The molecule has 2 N–H and O–H groups in total. The molecule has 0 aromatic heterocycles. The largest absolute Gasteiger partial charge is 0.338 e. The van der Waals surface area contributed by atoms with Crippen molar-refractivity contribution >= 4 is 11.7 Å². The van der Waals surface area contributed by atoms with Crippen LogP contribution in [0.3, 0.4) is 0 Å². The van der Waals surface area contributed by atoms with E-state index in [1.54, 1.807) is 19.1 Å². The summed E-state index contributed by atoms with van der Waals surface area (Å²) in [5.41, 5.74) is 2.47. The molecule has 0 fully saturated rings. The molecule has 0 unspecified atom stereocenters. The van der Waals surface area contributed by atoms with Gasteiger partial charge in [-0.3, -0.25) is 0 Å². The monoisotopic (exact) mass is 276 g/mol. The first-order valence-electron chi connectivity index (χ1n) is 7.14. The first kappa shape index (κ1) is 14.6. The summed E-state index contributed by atoms with van der Waals surface area (Å²) in [5.74, 6) is -0.310. The van der Waals surface area contributed by atoms with Crippen LogP contribution in [0, 0.1) is 12.7 Å². The Labute approximate surface area is 119 Å². The molecule has 0 spiro atoms. The average Bonchev–Trinajstić information content (AvgIpc) is 2.44. The Balaban J connectivity index is 1.74. The number of nitrogens with one attached hydrogen (secondary N) is 2. The van der Waals surface area contributed by atoms with Crippen LogP contribution in [-0.2, 0) is 0 Å². The van der Waals surface area contributed by atoms with E-state index < -0.39 is 0 Å². The molecule has 1 aromatic rings. The van der Waals surface area contributed by atoms with Gasteiger partial charge in [-0.2, -0.15) is 0 Å². The van der Waals surface area contributed by atoms with Gasteiger partial charge in [0.05, 0.1) is 0 Å². The topological polar surface area (TPSA) is 41.1 Å². The van der Waals surface area contributed by atoms with Gasteiger partial charge in [0, 0.05) is 12.2 Å². The van der Waals surface area contributed by atoms with Crippen LogP contribution in [0.2, 0.25) is 0 Å². The second-order valence-corrected chi connectivity index (χ2v) is 5.20. The molecule has 0 bridgehead atoms. The molecule has 0 heterocycles. The summed E-state index contributed by atoms with van der Waals surface area (Å²) in [5, 5.41) is 5.44. The smallest absolute Gasteiger partial charge is 0.319 e. The third kappa shape index (κ3) is 4.37. The number of rotatable bonds is 4. The molecule has 2 rings (SSSR count). The Kier molecular flexibility index (Phi) is 5.16. The Morgan fingerprint density at radius 2 is 2.20 bits per heavy atom. The van der Waals surface area contributed by atoms with E-state index in [0.29, 0.717) is 17.8 Å². The lowest BCUT2D eigenvalue weighted by atomic mass is 9.97. The van der Waals surface area contributed by atoms with Crippen LogP contribution in [0.5, 0.6) is 0 Å². The Bertz CT molecular complexity index is 511. The maximum atomic E-state index is 13.3. The van der Waals surface area contributed by atoms with Crippen molar-refractivity contribution in [1.82, 2.24) is 5.32 Å². The Morgan fingerprint density at radius 1 is 1.35 bits per heavy atom. The molecule has 20 heavy (non-hydrogen) atoms. The third-order valence-corrected chi connectivity index (χ3v) is 3.55. The maximum absolute atomic E-state index is 13.3. The SMILES string of the molecule is Cc1ccc(NC(=O)NCCC2=CCCCC2)cc1F. The molecule has 0 saturated carbocycles. The number of allylic oxidation sites excluding steroid dienone is 1. The summed E-state index contributed by atoms with van der Waals surface area (Å²) in [6.07, 6.45) is 8.00. The van der Waals surface area contributed by atoms with Crippen molar-refractivity contribution < 1.29 is 9.18 Å². The molecule has 1 aliphatic carbocycles. The number of hydrogen-bond donors (Lipinski definition) is 2. The maximum Gasteiger partial charge on any atom is 0.319 e. The van der Waals surface area contributed by atoms with Crippen molar-refractivity contribution in [1.29, 1.82) is 0 Å². The van der Waals surface area contributed by atoms with E-state index in [1.165, 1.54) is 24.5 Å². The third-order valence-electron chi connectivity index (χ3n) is 3.55. The highest BCUT2D eigenvalue weighted by atomic mass is 19.1. The summed E-state index contributed by atoms with van der Waals surface area (Å²) in [6.45, 7) is 2.31. The molecular weight excluding hydrogens is 255 g/mol. The van der Waals surface area contributed by atoms with Crippen molar-refractivity contribution in [2.45, 2.75) is 39.0 Å². The lowest BCUT2D eigenvalue weighted by molar-refractivity contribution is 0.252. The predicted molar refractivity (Wildman–Crippen MR) is 79.3 cm³/mol. The van der Waals surface area contributed by atoms with Crippen molar-refractivity contribution in [2.24, 2.45) is 0 Å². The van der Waals surface area contributed by atoms with Gasteiger partial charge in [0.15, 0.2) is 0 Å². The predicted octanol–water partition coefficient (Wildman–Crippen LogP) is 4.15. The van der Waals surface area contributed by atoms with Gasteiger partial charge in [0.2, 0.25) is 0 Å². The fraction of sp³-hybridized carbons (Fsp3) is 0.438. The minimum absolute atomic E-state index is 0.287. The number of carbonyl (C=O) groups excluding carboxylic acids is 1. The summed E-state index contributed by atoms with van der Waals surface area (Å²) >= 11 is 0. The Hall–Kier alpha value is -1.84. The van der Waals surface area contributed by atoms with E-state index in [0.717, 1.165) is 19.3 Å². The number of aryl methyl sites for hydroxylation is 1. The van der Waals surface area contributed by atoms with Gasteiger partial charge in [-0.25, -0.2) is 9.18 Å². The number of hydrogen-bond acceptors (Lipinski definition) is 1. The molecule has 1 aliphatic rings. The van der Waals surface area contributed by atoms with Crippen LogP contribution in [-0.4, -0.2) is 12.6 Å². The van der Waals surface area contributed by atoms with Crippen molar-refractivity contribution in [3.05, 3.63) is 41.2 Å². The number of halogens is 1. The van der Waals surface area contributed by atoms with Gasteiger partial charge < -0.3 is 10.6 Å². The van der Waals surface area contributed by atoms with Crippen LogP contribution >= 0.6 is 0 Å². The van der Waals surface area contributed by atoms with Gasteiger partial charge in [0.25, 0.3) is 0 Å². The van der Waals surface area contributed by atoms with Crippen LogP contribution in [0.4, 0.5) is 14.9 Å².